The first-order valence-electron chi connectivity index (χ1n) is 15.9. The van der Waals surface area contributed by atoms with Crippen molar-refractivity contribution in [1.82, 2.24) is 0 Å². The van der Waals surface area contributed by atoms with Gasteiger partial charge in [-0.1, -0.05) is 133 Å². The second-order valence-corrected chi connectivity index (χ2v) is 16.6. The molecule has 0 fully saturated rings. The summed E-state index contributed by atoms with van der Waals surface area (Å²) in [4.78, 5) is 2.01. The van der Waals surface area contributed by atoms with E-state index in [-0.39, 0.29) is 21.7 Å². The molecule has 41 heavy (non-hydrogen) atoms. The summed E-state index contributed by atoms with van der Waals surface area (Å²) in [7, 11) is -2.66. The van der Waals surface area contributed by atoms with E-state index in [9.17, 15) is 0 Å². The zero-order valence-electron chi connectivity index (χ0n) is 28.0. The highest BCUT2D eigenvalue weighted by Gasteiger charge is 2.37. The summed E-state index contributed by atoms with van der Waals surface area (Å²) in [6, 6.07) is 9.15. The third-order valence-corrected chi connectivity index (χ3v) is 10.9. The Morgan fingerprint density at radius 1 is 0.561 bits per heavy atom. The molecule has 1 heterocycles. The van der Waals surface area contributed by atoms with E-state index in [1.54, 1.807) is 11.8 Å². The van der Waals surface area contributed by atoms with Crippen LogP contribution in [0.25, 0.3) is 0 Å². The molecule has 0 radical (unpaired) electrons. The molecule has 1 aliphatic heterocycles. The molecule has 0 saturated heterocycles. The van der Waals surface area contributed by atoms with Gasteiger partial charge in [-0.15, -0.1) is 4.20 Å². The first-order chi connectivity index (χ1) is 19.0. The number of rotatable bonds is 12. The van der Waals surface area contributed by atoms with Crippen molar-refractivity contribution in [2.24, 2.45) is 0 Å². The molecule has 0 spiro atoms. The normalized spacial score (nSPS) is 15.0. The van der Waals surface area contributed by atoms with E-state index in [1.807, 2.05) is 0 Å². The molecule has 2 nitrogen and oxygen atoms in total. The maximum atomic E-state index is 16.0. The molecule has 230 valence electrons. The maximum Gasteiger partial charge on any atom is 0.505 e. The van der Waals surface area contributed by atoms with Crippen molar-refractivity contribution in [2.45, 2.75) is 166 Å². The van der Waals surface area contributed by atoms with E-state index in [1.165, 1.54) is 11.1 Å². The molecule has 0 saturated carbocycles. The van der Waals surface area contributed by atoms with Gasteiger partial charge in [-0.3, -0.25) is 0 Å². The second-order valence-electron chi connectivity index (χ2n) is 14.7. The van der Waals surface area contributed by atoms with Gasteiger partial charge in [0.05, 0.1) is 9.79 Å². The second kappa shape index (κ2) is 13.2. The van der Waals surface area contributed by atoms with Crippen molar-refractivity contribution in [3.05, 3.63) is 46.5 Å². The van der Waals surface area contributed by atoms with Crippen molar-refractivity contribution >= 4 is 20.4 Å². The summed E-state index contributed by atoms with van der Waals surface area (Å²) < 4.78 is 28.4. The van der Waals surface area contributed by atoms with E-state index in [0.717, 1.165) is 72.3 Å². The summed E-state index contributed by atoms with van der Waals surface area (Å²) in [6.45, 7) is 27.3. The molecule has 0 amide bonds. The Morgan fingerprint density at radius 3 is 1.20 bits per heavy atom. The van der Waals surface area contributed by atoms with E-state index < -0.39 is 8.69 Å². The number of halogens is 1. The zero-order valence-corrected chi connectivity index (χ0v) is 29.7. The van der Waals surface area contributed by atoms with Gasteiger partial charge in [0.15, 0.2) is 0 Å². The maximum absolute atomic E-state index is 16.0. The Labute approximate surface area is 257 Å². The molecule has 0 bridgehead atoms. The van der Waals surface area contributed by atoms with Crippen LogP contribution in [0.15, 0.2) is 34.1 Å². The summed E-state index contributed by atoms with van der Waals surface area (Å²) in [5.41, 5.74) is 4.47. The van der Waals surface area contributed by atoms with E-state index in [4.69, 9.17) is 9.05 Å². The lowest BCUT2D eigenvalue weighted by Gasteiger charge is -2.35. The van der Waals surface area contributed by atoms with Gasteiger partial charge in [-0.05, 0) is 70.6 Å². The summed E-state index contributed by atoms with van der Waals surface area (Å²) >= 11 is 1.71. The average molecular weight is 603 g/mol. The lowest BCUT2D eigenvalue weighted by Crippen LogP contribution is -2.23. The predicted molar refractivity (Wildman–Crippen MR) is 178 cm³/mol. The van der Waals surface area contributed by atoms with Crippen LogP contribution in [-0.2, 0) is 21.7 Å². The summed E-state index contributed by atoms with van der Waals surface area (Å²) in [5, 5.41) is 0. The quantitative estimate of drug-likeness (QED) is 0.225. The lowest BCUT2D eigenvalue weighted by atomic mass is 9.75. The molecule has 0 aromatic heterocycles. The lowest BCUT2D eigenvalue weighted by molar-refractivity contribution is 0.388. The highest BCUT2D eigenvalue weighted by molar-refractivity contribution is 7.99. The van der Waals surface area contributed by atoms with Crippen LogP contribution in [-0.4, -0.2) is 0 Å². The van der Waals surface area contributed by atoms with Crippen LogP contribution in [0.2, 0.25) is 0 Å². The Bertz CT molecular complexity index is 1110. The Hall–Kier alpha value is -1.25. The SMILES string of the molecule is CCCC(C)(C)c1cc2c(c(C(C)(C)CCC)c1)OP(F)Oc1c(cc(C(C)(C)CCC)cc1C(C)(C)CCC)S2. The number of hydrogen-bond donors (Lipinski definition) is 0. The van der Waals surface area contributed by atoms with Gasteiger partial charge in [0, 0.05) is 11.1 Å². The van der Waals surface area contributed by atoms with Crippen LogP contribution < -0.4 is 9.05 Å². The highest BCUT2D eigenvalue weighted by atomic mass is 32.2. The minimum atomic E-state index is -2.66. The molecule has 1 aliphatic rings. The molecule has 5 heteroatoms. The van der Waals surface area contributed by atoms with E-state index >= 15 is 4.20 Å². The fraction of sp³-hybridized carbons (Fsp3) is 0.667. The van der Waals surface area contributed by atoms with Crippen molar-refractivity contribution in [3.63, 3.8) is 0 Å². The van der Waals surface area contributed by atoms with Crippen LogP contribution >= 0.6 is 20.4 Å². The summed E-state index contributed by atoms with van der Waals surface area (Å²) in [5.74, 6) is 1.33. The largest absolute Gasteiger partial charge is 0.505 e. The van der Waals surface area contributed by atoms with Gasteiger partial charge in [0.25, 0.3) is 0 Å². The molecule has 3 rings (SSSR count). The van der Waals surface area contributed by atoms with Gasteiger partial charge in [0.2, 0.25) is 0 Å². The standard InChI is InChI=1S/C36H56FO2PS/c1-13-17-33(5,6)25-21-27(35(9,10)19-15-3)31-29(23-25)41-30-24-26(34(7,8)18-14-2)22-28(36(11,12)20-16-4)32(30)39-40(37)38-31/h21-24H,13-20H2,1-12H3. The minimum Gasteiger partial charge on any atom is -0.413 e. The molecule has 0 atom stereocenters. The fourth-order valence-electron chi connectivity index (χ4n) is 6.67. The van der Waals surface area contributed by atoms with Crippen molar-refractivity contribution in [3.8, 4) is 11.5 Å². The minimum absolute atomic E-state index is 0.00275. The topological polar surface area (TPSA) is 18.5 Å². The van der Waals surface area contributed by atoms with Gasteiger partial charge in [-0.25, -0.2) is 0 Å². The Morgan fingerprint density at radius 2 is 0.878 bits per heavy atom. The predicted octanol–water partition coefficient (Wildman–Crippen LogP) is 13.1. The fourth-order valence-corrected chi connectivity index (χ4v) is 8.61. The molecule has 0 unspecified atom stereocenters. The molecule has 2 aromatic carbocycles. The molecular formula is C36H56FO2PS. The average Bonchev–Trinajstić information content (AvgIpc) is 2.84. The molecule has 0 N–H and O–H groups in total. The monoisotopic (exact) mass is 602 g/mol. The van der Waals surface area contributed by atoms with Crippen molar-refractivity contribution < 1.29 is 13.2 Å². The molecule has 0 aliphatic carbocycles. The van der Waals surface area contributed by atoms with Crippen LogP contribution in [0.1, 0.15) is 157 Å². The van der Waals surface area contributed by atoms with Gasteiger partial charge < -0.3 is 9.05 Å². The number of fused-ring (bicyclic) bond motifs is 2. The van der Waals surface area contributed by atoms with Crippen LogP contribution in [0, 0.1) is 0 Å². The van der Waals surface area contributed by atoms with E-state index in [2.05, 4.69) is 107 Å². The van der Waals surface area contributed by atoms with Crippen LogP contribution in [0.4, 0.5) is 4.20 Å². The third-order valence-electron chi connectivity index (χ3n) is 9.18. The van der Waals surface area contributed by atoms with Crippen LogP contribution in [0.3, 0.4) is 0 Å². The molecule has 2 aromatic rings. The first kappa shape index (κ1) is 34.2. The highest BCUT2D eigenvalue weighted by Crippen LogP contribution is 2.58. The number of hydrogen-bond acceptors (Lipinski definition) is 3. The van der Waals surface area contributed by atoms with Crippen molar-refractivity contribution in [2.75, 3.05) is 0 Å². The van der Waals surface area contributed by atoms with Gasteiger partial charge in [-0.2, -0.15) is 0 Å². The molecular weight excluding hydrogens is 546 g/mol. The smallest absolute Gasteiger partial charge is 0.413 e. The first-order valence-corrected chi connectivity index (χ1v) is 17.8. The van der Waals surface area contributed by atoms with Gasteiger partial charge in [0.1, 0.15) is 11.5 Å². The number of benzene rings is 2. The summed E-state index contributed by atoms with van der Waals surface area (Å²) in [6.07, 6.45) is 8.49. The Kier molecular flexibility index (Phi) is 11.0. The Balaban J connectivity index is 2.38. The zero-order chi connectivity index (χ0) is 30.8. The van der Waals surface area contributed by atoms with E-state index in [0.29, 0.717) is 11.5 Å². The van der Waals surface area contributed by atoms with Crippen LogP contribution in [0.5, 0.6) is 11.5 Å². The van der Waals surface area contributed by atoms with Crippen molar-refractivity contribution in [1.29, 1.82) is 0 Å². The third kappa shape index (κ3) is 7.64. The van der Waals surface area contributed by atoms with Gasteiger partial charge >= 0.3 is 8.69 Å².